The van der Waals surface area contributed by atoms with E-state index in [0.29, 0.717) is 6.10 Å². The predicted octanol–water partition coefficient (Wildman–Crippen LogP) is 3.60. The Hall–Kier alpha value is -1.46. The van der Waals surface area contributed by atoms with E-state index in [1.165, 1.54) is 37.2 Å². The van der Waals surface area contributed by atoms with Crippen LogP contribution in [-0.4, -0.2) is 35.2 Å². The minimum atomic E-state index is 0.511. The van der Waals surface area contributed by atoms with Gasteiger partial charge in [-0.2, -0.15) is 9.36 Å². The second kappa shape index (κ2) is 6.34. The molecule has 0 N–H and O–H groups in total. The van der Waals surface area contributed by atoms with Gasteiger partial charge in [0.25, 0.3) is 0 Å². The summed E-state index contributed by atoms with van der Waals surface area (Å²) in [5, 5.41) is 1.06. The number of piperidine rings is 1. The number of rotatable bonds is 3. The fourth-order valence-electron chi connectivity index (χ4n) is 3.49. The van der Waals surface area contributed by atoms with E-state index < -0.39 is 0 Å². The molecule has 1 aromatic carbocycles. The largest absolute Gasteiger partial charge is 0.378 e. The quantitative estimate of drug-likeness (QED) is 0.867. The van der Waals surface area contributed by atoms with Gasteiger partial charge >= 0.3 is 0 Å². The van der Waals surface area contributed by atoms with Gasteiger partial charge in [-0.3, -0.25) is 0 Å². The second-order valence-electron chi connectivity index (χ2n) is 6.14. The maximum atomic E-state index is 5.85. The maximum absolute atomic E-state index is 5.85. The number of anilines is 1. The number of ether oxygens (including phenoxy) is 1. The third-order valence-corrected chi connectivity index (χ3v) is 5.53. The van der Waals surface area contributed by atoms with E-state index in [4.69, 9.17) is 9.72 Å². The Kier molecular flexibility index (Phi) is 4.08. The molecule has 3 heterocycles. The fraction of sp³-hybridized carbons (Fsp3) is 0.529. The lowest BCUT2D eigenvalue weighted by molar-refractivity contribution is 0.0531. The van der Waals surface area contributed by atoms with Gasteiger partial charge in [0.1, 0.15) is 0 Å². The van der Waals surface area contributed by atoms with Crippen LogP contribution in [0.1, 0.15) is 25.7 Å². The summed E-state index contributed by atoms with van der Waals surface area (Å²) in [5.74, 6) is 1.59. The highest BCUT2D eigenvalue weighted by molar-refractivity contribution is 7.09. The van der Waals surface area contributed by atoms with Crippen LogP contribution in [0.25, 0.3) is 11.4 Å². The van der Waals surface area contributed by atoms with Gasteiger partial charge < -0.3 is 9.64 Å². The molecule has 22 heavy (non-hydrogen) atoms. The Morgan fingerprint density at radius 1 is 1.09 bits per heavy atom. The maximum Gasteiger partial charge on any atom is 0.205 e. The zero-order valence-electron chi connectivity index (χ0n) is 12.6. The number of nitrogens with zero attached hydrogens (tertiary/aromatic N) is 3. The van der Waals surface area contributed by atoms with Gasteiger partial charge in [-0.1, -0.05) is 30.3 Å². The predicted molar refractivity (Wildman–Crippen MR) is 89.3 cm³/mol. The van der Waals surface area contributed by atoms with Crippen molar-refractivity contribution in [1.82, 2.24) is 9.36 Å². The molecule has 116 valence electrons. The molecule has 2 aromatic rings. The number of benzene rings is 1. The molecule has 4 rings (SSSR count). The Labute approximate surface area is 135 Å². The van der Waals surface area contributed by atoms with Crippen molar-refractivity contribution in [3.8, 4) is 11.4 Å². The van der Waals surface area contributed by atoms with E-state index in [2.05, 4.69) is 21.4 Å². The SMILES string of the molecule is c1ccc(-c2nsc(N3CCC(C4CCCO4)CC3)n2)cc1. The molecule has 1 atom stereocenters. The van der Waals surface area contributed by atoms with E-state index in [-0.39, 0.29) is 0 Å². The molecule has 2 saturated heterocycles. The zero-order valence-corrected chi connectivity index (χ0v) is 13.5. The van der Waals surface area contributed by atoms with Crippen molar-refractivity contribution in [3.63, 3.8) is 0 Å². The molecule has 4 nitrogen and oxygen atoms in total. The van der Waals surface area contributed by atoms with Gasteiger partial charge in [0.15, 0.2) is 5.82 Å². The minimum Gasteiger partial charge on any atom is -0.378 e. The molecule has 5 heteroatoms. The molecule has 2 fully saturated rings. The van der Waals surface area contributed by atoms with Gasteiger partial charge in [0.2, 0.25) is 5.13 Å². The molecular weight excluding hydrogens is 294 g/mol. The van der Waals surface area contributed by atoms with Crippen molar-refractivity contribution in [1.29, 1.82) is 0 Å². The molecule has 0 radical (unpaired) electrons. The van der Waals surface area contributed by atoms with E-state index in [1.54, 1.807) is 0 Å². The van der Waals surface area contributed by atoms with Crippen molar-refractivity contribution >= 4 is 16.7 Å². The Bertz CT molecular complexity index is 601. The first-order valence-corrected chi connectivity index (χ1v) is 8.93. The van der Waals surface area contributed by atoms with Crippen LogP contribution in [0.4, 0.5) is 5.13 Å². The van der Waals surface area contributed by atoms with Crippen LogP contribution in [-0.2, 0) is 4.74 Å². The zero-order chi connectivity index (χ0) is 14.8. The molecule has 0 bridgehead atoms. The van der Waals surface area contributed by atoms with Crippen molar-refractivity contribution in [2.75, 3.05) is 24.6 Å². The lowest BCUT2D eigenvalue weighted by Gasteiger charge is -2.33. The van der Waals surface area contributed by atoms with Crippen molar-refractivity contribution in [2.24, 2.45) is 5.92 Å². The molecule has 0 saturated carbocycles. The summed E-state index contributed by atoms with van der Waals surface area (Å²) in [4.78, 5) is 7.11. The summed E-state index contributed by atoms with van der Waals surface area (Å²) >= 11 is 1.52. The average Bonchev–Trinajstić information content (AvgIpc) is 3.28. The highest BCUT2D eigenvalue weighted by Crippen LogP contribution is 2.32. The van der Waals surface area contributed by atoms with E-state index in [1.807, 2.05) is 18.2 Å². The number of hydrogen-bond acceptors (Lipinski definition) is 5. The van der Waals surface area contributed by atoms with Crippen LogP contribution in [0.15, 0.2) is 30.3 Å². The lowest BCUT2D eigenvalue weighted by atomic mass is 9.90. The summed E-state index contributed by atoms with van der Waals surface area (Å²) < 4.78 is 10.4. The number of aromatic nitrogens is 2. The molecule has 2 aliphatic heterocycles. The summed E-state index contributed by atoms with van der Waals surface area (Å²) in [7, 11) is 0. The minimum absolute atomic E-state index is 0.511. The summed E-state index contributed by atoms with van der Waals surface area (Å²) in [5.41, 5.74) is 1.10. The first-order chi connectivity index (χ1) is 10.9. The Balaban J connectivity index is 1.40. The van der Waals surface area contributed by atoms with E-state index in [0.717, 1.165) is 42.1 Å². The Morgan fingerprint density at radius 3 is 2.64 bits per heavy atom. The van der Waals surface area contributed by atoms with E-state index in [9.17, 15) is 0 Å². The molecule has 1 unspecified atom stereocenters. The fourth-order valence-corrected chi connectivity index (χ4v) is 4.22. The van der Waals surface area contributed by atoms with Gasteiger partial charge in [0.05, 0.1) is 6.10 Å². The topological polar surface area (TPSA) is 38.2 Å². The highest BCUT2D eigenvalue weighted by atomic mass is 32.1. The van der Waals surface area contributed by atoms with E-state index >= 15 is 0 Å². The number of hydrogen-bond donors (Lipinski definition) is 0. The van der Waals surface area contributed by atoms with Gasteiger partial charge in [0, 0.05) is 36.8 Å². The van der Waals surface area contributed by atoms with Crippen LogP contribution in [0, 0.1) is 5.92 Å². The summed E-state index contributed by atoms with van der Waals surface area (Å²) in [6, 6.07) is 10.2. The van der Waals surface area contributed by atoms with Crippen LogP contribution >= 0.6 is 11.5 Å². The van der Waals surface area contributed by atoms with Crippen molar-refractivity contribution in [2.45, 2.75) is 31.8 Å². The van der Waals surface area contributed by atoms with Crippen molar-refractivity contribution < 1.29 is 4.74 Å². The first kappa shape index (κ1) is 14.2. The smallest absolute Gasteiger partial charge is 0.205 e. The van der Waals surface area contributed by atoms with Gasteiger partial charge in [-0.15, -0.1) is 0 Å². The standard InChI is InChI=1S/C17H21N3OS/c1-2-5-14(6-3-1)16-18-17(22-19-16)20-10-8-13(9-11-20)15-7-4-12-21-15/h1-3,5-6,13,15H,4,7-12H2. The van der Waals surface area contributed by atoms with Crippen LogP contribution in [0.2, 0.25) is 0 Å². The third kappa shape index (κ3) is 2.88. The third-order valence-electron chi connectivity index (χ3n) is 4.75. The highest BCUT2D eigenvalue weighted by Gasteiger charge is 2.30. The summed E-state index contributed by atoms with van der Waals surface area (Å²) in [6.07, 6.45) is 5.43. The molecule has 0 amide bonds. The Morgan fingerprint density at radius 2 is 1.91 bits per heavy atom. The van der Waals surface area contributed by atoms with Crippen LogP contribution < -0.4 is 4.90 Å². The first-order valence-electron chi connectivity index (χ1n) is 8.16. The molecular formula is C17H21N3OS. The second-order valence-corrected chi connectivity index (χ2v) is 6.87. The summed E-state index contributed by atoms with van der Waals surface area (Å²) in [6.45, 7) is 3.11. The molecule has 0 aliphatic carbocycles. The van der Waals surface area contributed by atoms with Crippen molar-refractivity contribution in [3.05, 3.63) is 30.3 Å². The average molecular weight is 315 g/mol. The monoisotopic (exact) mass is 315 g/mol. The lowest BCUT2D eigenvalue weighted by Crippen LogP contribution is -2.37. The van der Waals surface area contributed by atoms with Crippen LogP contribution in [0.5, 0.6) is 0 Å². The normalized spacial score (nSPS) is 23.1. The molecule has 2 aliphatic rings. The molecule has 1 aromatic heterocycles. The van der Waals surface area contributed by atoms with Gasteiger partial charge in [-0.25, -0.2) is 0 Å². The van der Waals surface area contributed by atoms with Crippen LogP contribution in [0.3, 0.4) is 0 Å². The van der Waals surface area contributed by atoms with Gasteiger partial charge in [-0.05, 0) is 31.6 Å². The molecule has 0 spiro atoms.